The van der Waals surface area contributed by atoms with Crippen molar-refractivity contribution < 1.29 is 13.2 Å². The molecule has 6 nitrogen and oxygen atoms in total. The number of nitrogens with zero attached hydrogens (tertiary/aromatic N) is 2. The summed E-state index contributed by atoms with van der Waals surface area (Å²) in [7, 11) is -3.42. The van der Waals surface area contributed by atoms with Gasteiger partial charge in [-0.1, -0.05) is 62.7 Å². The maximum absolute atomic E-state index is 12.8. The zero-order valence-electron chi connectivity index (χ0n) is 20.6. The maximum Gasteiger partial charge on any atom is 0.243 e. The van der Waals surface area contributed by atoms with Gasteiger partial charge in [0, 0.05) is 32.1 Å². The monoisotopic (exact) mass is 485 g/mol. The minimum atomic E-state index is -3.42. The number of sulfonamides is 1. The fourth-order valence-corrected chi connectivity index (χ4v) is 6.13. The average molecular weight is 486 g/mol. The highest BCUT2D eigenvalue weighted by atomic mass is 32.2. The lowest BCUT2D eigenvalue weighted by Crippen LogP contribution is -2.45. The predicted octanol–water partition coefficient (Wildman–Crippen LogP) is 3.86. The van der Waals surface area contributed by atoms with Crippen LogP contribution < -0.4 is 5.32 Å². The van der Waals surface area contributed by atoms with Crippen LogP contribution in [0.4, 0.5) is 0 Å². The van der Waals surface area contributed by atoms with Gasteiger partial charge in [-0.25, -0.2) is 8.42 Å². The molecule has 0 saturated carbocycles. The van der Waals surface area contributed by atoms with E-state index in [1.165, 1.54) is 5.56 Å². The third kappa shape index (κ3) is 7.39. The molecular formula is C27H39N3O3S. The zero-order valence-corrected chi connectivity index (χ0v) is 21.4. The topological polar surface area (TPSA) is 69.7 Å². The molecule has 3 rings (SSSR count). The number of carbonyl (C=O) groups is 1. The van der Waals surface area contributed by atoms with Crippen LogP contribution in [0.25, 0.3) is 0 Å². The van der Waals surface area contributed by atoms with Crippen LogP contribution in [0, 0.1) is 0 Å². The van der Waals surface area contributed by atoms with Crippen LogP contribution in [0.3, 0.4) is 0 Å². The Balaban J connectivity index is 1.51. The van der Waals surface area contributed by atoms with Gasteiger partial charge in [0.2, 0.25) is 15.9 Å². The highest BCUT2D eigenvalue weighted by molar-refractivity contribution is 7.89. The zero-order chi connectivity index (χ0) is 24.4. The number of benzene rings is 2. The summed E-state index contributed by atoms with van der Waals surface area (Å²) in [6, 6.07) is 17.7. The van der Waals surface area contributed by atoms with Crippen molar-refractivity contribution in [3.63, 3.8) is 0 Å². The molecule has 7 heteroatoms. The molecule has 2 aromatic carbocycles. The number of amides is 1. The smallest absolute Gasteiger partial charge is 0.243 e. The van der Waals surface area contributed by atoms with Crippen molar-refractivity contribution in [3.05, 3.63) is 65.7 Å². The van der Waals surface area contributed by atoms with Gasteiger partial charge in [-0.2, -0.15) is 4.31 Å². The number of nitrogens with one attached hydrogen (secondary N) is 1. The molecule has 186 valence electrons. The molecule has 2 aromatic rings. The molecule has 1 saturated heterocycles. The van der Waals surface area contributed by atoms with E-state index >= 15 is 0 Å². The van der Waals surface area contributed by atoms with Crippen molar-refractivity contribution in [3.8, 4) is 0 Å². The van der Waals surface area contributed by atoms with Crippen molar-refractivity contribution in [1.29, 1.82) is 0 Å². The highest BCUT2D eigenvalue weighted by Crippen LogP contribution is 2.21. The molecule has 1 aliphatic rings. The number of likely N-dealkylation sites (N-methyl/N-ethyl adjacent to an activating group) is 1. The first-order chi connectivity index (χ1) is 16.4. The summed E-state index contributed by atoms with van der Waals surface area (Å²) in [5.74, 6) is 0.0234. The summed E-state index contributed by atoms with van der Waals surface area (Å²) in [6.45, 7) is 8.00. The van der Waals surface area contributed by atoms with Gasteiger partial charge in [0.05, 0.1) is 4.90 Å². The quantitative estimate of drug-likeness (QED) is 0.496. The Morgan fingerprint density at radius 1 is 0.941 bits per heavy atom. The Bertz CT molecular complexity index is 984. The second-order valence-corrected chi connectivity index (χ2v) is 10.9. The third-order valence-corrected chi connectivity index (χ3v) is 8.61. The normalized spacial score (nSPS) is 15.9. The first-order valence-electron chi connectivity index (χ1n) is 12.6. The summed E-state index contributed by atoms with van der Waals surface area (Å²) < 4.78 is 27.2. The maximum atomic E-state index is 12.8. The molecule has 0 unspecified atom stereocenters. The van der Waals surface area contributed by atoms with E-state index in [1.807, 2.05) is 18.2 Å². The molecule has 0 aromatic heterocycles. The molecule has 1 aliphatic heterocycles. The van der Waals surface area contributed by atoms with Crippen LogP contribution in [0.15, 0.2) is 59.5 Å². The van der Waals surface area contributed by atoms with Crippen molar-refractivity contribution in [2.24, 2.45) is 0 Å². The Morgan fingerprint density at radius 2 is 1.59 bits per heavy atom. The molecule has 1 atom stereocenters. The summed E-state index contributed by atoms with van der Waals surface area (Å²) in [4.78, 5) is 15.3. The van der Waals surface area contributed by atoms with Gasteiger partial charge in [-0.3, -0.25) is 9.69 Å². The lowest BCUT2D eigenvalue weighted by atomic mass is 10.0. The van der Waals surface area contributed by atoms with Gasteiger partial charge in [0.1, 0.15) is 0 Å². The van der Waals surface area contributed by atoms with Crippen molar-refractivity contribution in [2.45, 2.75) is 63.3 Å². The van der Waals surface area contributed by atoms with E-state index in [1.54, 1.807) is 16.4 Å². The van der Waals surface area contributed by atoms with E-state index in [0.29, 0.717) is 37.4 Å². The first-order valence-corrected chi connectivity index (χ1v) is 14.0. The number of piperidine rings is 1. The van der Waals surface area contributed by atoms with E-state index in [9.17, 15) is 13.2 Å². The fraction of sp³-hybridized carbons (Fsp3) is 0.519. The van der Waals surface area contributed by atoms with Gasteiger partial charge in [0.25, 0.3) is 0 Å². The number of aryl methyl sites for hydroxylation is 1. The van der Waals surface area contributed by atoms with Gasteiger partial charge in [0.15, 0.2) is 0 Å². The van der Waals surface area contributed by atoms with E-state index in [2.05, 4.69) is 48.3 Å². The SMILES string of the molecule is CCN(CC)[C@@H](CNC(=O)CCc1ccc(S(=O)(=O)N2CCCCC2)cc1)Cc1ccccc1. The molecule has 34 heavy (non-hydrogen) atoms. The van der Waals surface area contributed by atoms with Crippen LogP contribution in [0.5, 0.6) is 0 Å². The summed E-state index contributed by atoms with van der Waals surface area (Å²) >= 11 is 0. The first kappa shape index (κ1) is 26.4. The Kier molecular flexibility index (Phi) is 10.1. The van der Waals surface area contributed by atoms with Gasteiger partial charge >= 0.3 is 0 Å². The fourth-order valence-electron chi connectivity index (χ4n) is 4.62. The molecule has 0 aliphatic carbocycles. The summed E-state index contributed by atoms with van der Waals surface area (Å²) in [5, 5.41) is 3.12. The Labute approximate surface area is 205 Å². The van der Waals surface area contributed by atoms with E-state index in [4.69, 9.17) is 0 Å². The largest absolute Gasteiger partial charge is 0.355 e. The molecule has 0 spiro atoms. The molecule has 1 fully saturated rings. The second-order valence-electron chi connectivity index (χ2n) is 8.98. The van der Waals surface area contributed by atoms with Crippen LogP contribution in [0.2, 0.25) is 0 Å². The van der Waals surface area contributed by atoms with Crippen molar-refractivity contribution >= 4 is 15.9 Å². The molecule has 1 N–H and O–H groups in total. The highest BCUT2D eigenvalue weighted by Gasteiger charge is 2.25. The van der Waals surface area contributed by atoms with E-state index in [-0.39, 0.29) is 11.9 Å². The lowest BCUT2D eigenvalue weighted by molar-refractivity contribution is -0.121. The van der Waals surface area contributed by atoms with E-state index < -0.39 is 10.0 Å². The summed E-state index contributed by atoms with van der Waals surface area (Å²) in [6.07, 6.45) is 4.81. The number of rotatable bonds is 12. The molecule has 0 radical (unpaired) electrons. The predicted molar refractivity (Wildman–Crippen MR) is 137 cm³/mol. The number of hydrogen-bond acceptors (Lipinski definition) is 4. The molecular weight excluding hydrogens is 446 g/mol. The molecule has 0 bridgehead atoms. The standard InChI is InChI=1S/C27H39N3O3S/c1-3-29(4-2)25(21-24-11-7-5-8-12-24)22-28-27(31)18-15-23-13-16-26(17-14-23)34(32,33)30-19-9-6-10-20-30/h5,7-8,11-14,16-17,25H,3-4,6,9-10,15,18-22H2,1-2H3,(H,28,31)/t25-/m1/s1. The number of carbonyl (C=O) groups excluding carboxylic acids is 1. The average Bonchev–Trinajstić information content (AvgIpc) is 2.88. The Hall–Kier alpha value is -2.22. The number of hydrogen-bond donors (Lipinski definition) is 1. The Morgan fingerprint density at radius 3 is 2.21 bits per heavy atom. The van der Waals surface area contributed by atoms with Crippen molar-refractivity contribution in [1.82, 2.24) is 14.5 Å². The third-order valence-electron chi connectivity index (χ3n) is 6.69. The van der Waals surface area contributed by atoms with Crippen molar-refractivity contribution in [2.75, 3.05) is 32.7 Å². The van der Waals surface area contributed by atoms with Gasteiger partial charge in [-0.05, 0) is 62.0 Å². The van der Waals surface area contributed by atoms with Crippen LogP contribution in [0.1, 0.15) is 50.7 Å². The minimum absolute atomic E-state index is 0.0234. The van der Waals surface area contributed by atoms with Gasteiger partial charge < -0.3 is 5.32 Å². The second kappa shape index (κ2) is 13.0. The van der Waals surface area contributed by atoms with E-state index in [0.717, 1.165) is 44.3 Å². The van der Waals surface area contributed by atoms with Crippen LogP contribution in [-0.2, 0) is 27.7 Å². The summed E-state index contributed by atoms with van der Waals surface area (Å²) in [5.41, 5.74) is 2.24. The van der Waals surface area contributed by atoms with Crippen LogP contribution >= 0.6 is 0 Å². The minimum Gasteiger partial charge on any atom is -0.355 e. The van der Waals surface area contributed by atoms with Gasteiger partial charge in [-0.15, -0.1) is 0 Å². The lowest BCUT2D eigenvalue weighted by Gasteiger charge is -2.30. The van der Waals surface area contributed by atoms with Crippen LogP contribution in [-0.4, -0.2) is 62.3 Å². The molecule has 1 heterocycles. The molecule has 1 amide bonds.